The van der Waals surface area contributed by atoms with Crippen LogP contribution >= 0.6 is 0 Å². The minimum absolute atomic E-state index is 0.244. The summed E-state index contributed by atoms with van der Waals surface area (Å²) in [5, 5.41) is 14.9. The van der Waals surface area contributed by atoms with Crippen molar-refractivity contribution in [1.82, 2.24) is 20.2 Å². The second-order valence-electron chi connectivity index (χ2n) is 7.08. The van der Waals surface area contributed by atoms with Gasteiger partial charge in [0.15, 0.2) is 5.82 Å². The molecule has 2 aromatic carbocycles. The molecular formula is C24H23N5O2. The number of carbonyl (C=O) groups is 1. The highest BCUT2D eigenvalue weighted by Crippen LogP contribution is 2.22. The quantitative estimate of drug-likeness (QED) is 0.415. The number of carbonyl (C=O) groups excluding carboxylic acids is 1. The molecule has 1 amide bonds. The Bertz CT molecular complexity index is 1150. The molecule has 31 heavy (non-hydrogen) atoms. The van der Waals surface area contributed by atoms with Crippen molar-refractivity contribution in [3.05, 3.63) is 84.3 Å². The number of hydrogen-bond acceptors (Lipinski definition) is 5. The molecule has 1 N–H and O–H groups in total. The standard InChI is InChI=1S/C24H23N5O2/c1-2-3-8-18-12-14-20(15-13-18)25-24(30)22(17-21-11-7-16-31-21)29-23(26-27-28-29)19-9-5-4-6-10-19/h4-7,9-17H,2-3,8H2,1H3,(H,25,30)/b22-17-. The van der Waals surface area contributed by atoms with Gasteiger partial charge in [0.25, 0.3) is 5.91 Å². The van der Waals surface area contributed by atoms with Gasteiger partial charge in [-0.2, -0.15) is 4.68 Å². The van der Waals surface area contributed by atoms with E-state index in [-0.39, 0.29) is 11.6 Å². The highest BCUT2D eigenvalue weighted by Gasteiger charge is 2.20. The van der Waals surface area contributed by atoms with Gasteiger partial charge in [-0.3, -0.25) is 4.79 Å². The highest BCUT2D eigenvalue weighted by molar-refractivity contribution is 6.24. The zero-order chi connectivity index (χ0) is 21.5. The van der Waals surface area contributed by atoms with Crippen LogP contribution in [-0.4, -0.2) is 26.1 Å². The summed E-state index contributed by atoms with van der Waals surface area (Å²) in [7, 11) is 0. The minimum atomic E-state index is -0.345. The van der Waals surface area contributed by atoms with Gasteiger partial charge < -0.3 is 9.73 Å². The Balaban J connectivity index is 1.64. The number of unbranched alkanes of at least 4 members (excludes halogenated alkanes) is 1. The number of tetrazole rings is 1. The van der Waals surface area contributed by atoms with Crippen molar-refractivity contribution < 1.29 is 9.21 Å². The van der Waals surface area contributed by atoms with Crippen molar-refractivity contribution in [3.63, 3.8) is 0 Å². The molecule has 0 atom stereocenters. The molecule has 0 fully saturated rings. The van der Waals surface area contributed by atoms with E-state index in [9.17, 15) is 4.79 Å². The first-order valence-corrected chi connectivity index (χ1v) is 10.2. The number of rotatable bonds is 8. The Morgan fingerprint density at radius 1 is 1.06 bits per heavy atom. The van der Waals surface area contributed by atoms with E-state index in [1.54, 1.807) is 24.5 Å². The molecule has 0 aliphatic carbocycles. The van der Waals surface area contributed by atoms with E-state index >= 15 is 0 Å². The first-order valence-electron chi connectivity index (χ1n) is 10.2. The molecule has 2 heterocycles. The summed E-state index contributed by atoms with van der Waals surface area (Å²) in [5.41, 5.74) is 2.99. The van der Waals surface area contributed by atoms with Gasteiger partial charge in [0.1, 0.15) is 11.5 Å². The number of amides is 1. The van der Waals surface area contributed by atoms with Gasteiger partial charge in [0.2, 0.25) is 0 Å². The third-order valence-electron chi connectivity index (χ3n) is 4.82. The lowest BCUT2D eigenvalue weighted by atomic mass is 10.1. The molecular weight excluding hydrogens is 390 g/mol. The predicted molar refractivity (Wildman–Crippen MR) is 120 cm³/mol. The Morgan fingerprint density at radius 3 is 2.58 bits per heavy atom. The third-order valence-corrected chi connectivity index (χ3v) is 4.82. The van der Waals surface area contributed by atoms with Crippen LogP contribution in [0.25, 0.3) is 23.2 Å². The molecule has 4 rings (SSSR count). The number of anilines is 1. The van der Waals surface area contributed by atoms with Crippen LogP contribution in [0.15, 0.2) is 77.4 Å². The fraction of sp³-hybridized carbons (Fsp3) is 0.167. The van der Waals surface area contributed by atoms with Crippen LogP contribution < -0.4 is 5.32 Å². The van der Waals surface area contributed by atoms with Gasteiger partial charge in [-0.15, -0.1) is 5.10 Å². The average molecular weight is 413 g/mol. The number of nitrogens with zero attached hydrogens (tertiary/aromatic N) is 4. The molecule has 0 bridgehead atoms. The van der Waals surface area contributed by atoms with Gasteiger partial charge in [-0.1, -0.05) is 55.8 Å². The average Bonchev–Trinajstić information content (AvgIpc) is 3.49. The minimum Gasteiger partial charge on any atom is -0.465 e. The summed E-state index contributed by atoms with van der Waals surface area (Å²) in [4.78, 5) is 13.2. The second-order valence-corrected chi connectivity index (χ2v) is 7.08. The molecule has 0 radical (unpaired) electrons. The normalized spacial score (nSPS) is 11.5. The van der Waals surface area contributed by atoms with Crippen LogP contribution in [0.4, 0.5) is 5.69 Å². The monoisotopic (exact) mass is 413 g/mol. The maximum Gasteiger partial charge on any atom is 0.274 e. The molecule has 7 heteroatoms. The number of aromatic nitrogens is 4. The van der Waals surface area contributed by atoms with Gasteiger partial charge in [0, 0.05) is 17.3 Å². The Morgan fingerprint density at radius 2 is 1.87 bits per heavy atom. The molecule has 156 valence electrons. The number of nitrogens with one attached hydrogen (secondary N) is 1. The van der Waals surface area contributed by atoms with Crippen LogP contribution in [0.2, 0.25) is 0 Å². The van der Waals surface area contributed by atoms with E-state index in [0.29, 0.717) is 17.3 Å². The van der Waals surface area contributed by atoms with Crippen LogP contribution in [0.5, 0.6) is 0 Å². The van der Waals surface area contributed by atoms with E-state index in [0.717, 1.165) is 24.8 Å². The Hall–Kier alpha value is -4.00. The summed E-state index contributed by atoms with van der Waals surface area (Å²) >= 11 is 0. The van der Waals surface area contributed by atoms with Crippen LogP contribution in [0, 0.1) is 0 Å². The molecule has 0 saturated carbocycles. The summed E-state index contributed by atoms with van der Waals surface area (Å²) in [6.07, 6.45) is 6.49. The zero-order valence-corrected chi connectivity index (χ0v) is 17.2. The lowest BCUT2D eigenvalue weighted by Gasteiger charge is -2.11. The van der Waals surface area contributed by atoms with Crippen LogP contribution in [0.1, 0.15) is 31.1 Å². The zero-order valence-electron chi connectivity index (χ0n) is 17.2. The lowest BCUT2D eigenvalue weighted by Crippen LogP contribution is -2.19. The van der Waals surface area contributed by atoms with Crippen molar-refractivity contribution >= 4 is 23.4 Å². The maximum absolute atomic E-state index is 13.2. The fourth-order valence-corrected chi connectivity index (χ4v) is 3.18. The fourth-order valence-electron chi connectivity index (χ4n) is 3.18. The van der Waals surface area contributed by atoms with E-state index in [2.05, 4.69) is 27.8 Å². The molecule has 0 saturated heterocycles. The number of benzene rings is 2. The Kier molecular flexibility index (Phi) is 6.32. The van der Waals surface area contributed by atoms with Crippen molar-refractivity contribution in [3.8, 4) is 11.4 Å². The SMILES string of the molecule is CCCCc1ccc(NC(=O)/C(=C/c2ccco2)n2nnnc2-c2ccccc2)cc1. The molecule has 2 aromatic heterocycles. The van der Waals surface area contributed by atoms with Crippen molar-refractivity contribution in [2.75, 3.05) is 5.32 Å². The maximum atomic E-state index is 13.2. The topological polar surface area (TPSA) is 85.8 Å². The van der Waals surface area contributed by atoms with Gasteiger partial charge in [-0.25, -0.2) is 0 Å². The smallest absolute Gasteiger partial charge is 0.274 e. The highest BCUT2D eigenvalue weighted by atomic mass is 16.3. The van der Waals surface area contributed by atoms with Gasteiger partial charge in [0.05, 0.1) is 6.26 Å². The van der Waals surface area contributed by atoms with Gasteiger partial charge in [-0.05, 0) is 53.1 Å². The molecule has 0 unspecified atom stereocenters. The van der Waals surface area contributed by atoms with Gasteiger partial charge >= 0.3 is 0 Å². The number of hydrogen-bond donors (Lipinski definition) is 1. The Labute approximate surface area is 180 Å². The summed E-state index contributed by atoms with van der Waals surface area (Å²) in [5.74, 6) is 0.639. The number of aryl methyl sites for hydroxylation is 1. The second kappa shape index (κ2) is 9.67. The predicted octanol–water partition coefficient (Wildman–Crippen LogP) is 4.91. The first kappa shape index (κ1) is 20.3. The largest absolute Gasteiger partial charge is 0.465 e. The van der Waals surface area contributed by atoms with E-state index in [1.165, 1.54) is 10.2 Å². The molecule has 0 aliphatic rings. The van der Waals surface area contributed by atoms with Crippen LogP contribution in [-0.2, 0) is 11.2 Å². The molecule has 0 spiro atoms. The van der Waals surface area contributed by atoms with E-state index in [1.807, 2.05) is 54.6 Å². The van der Waals surface area contributed by atoms with E-state index < -0.39 is 0 Å². The van der Waals surface area contributed by atoms with Crippen molar-refractivity contribution in [2.24, 2.45) is 0 Å². The molecule has 4 aromatic rings. The first-order chi connectivity index (χ1) is 15.2. The molecule has 0 aliphatic heterocycles. The third kappa shape index (κ3) is 4.95. The summed E-state index contributed by atoms with van der Waals surface area (Å²) in [6.45, 7) is 2.17. The lowest BCUT2D eigenvalue weighted by molar-refractivity contribution is -0.111. The van der Waals surface area contributed by atoms with Crippen LogP contribution in [0.3, 0.4) is 0 Å². The van der Waals surface area contributed by atoms with Crippen molar-refractivity contribution in [1.29, 1.82) is 0 Å². The van der Waals surface area contributed by atoms with Crippen molar-refractivity contribution in [2.45, 2.75) is 26.2 Å². The molecule has 7 nitrogen and oxygen atoms in total. The summed E-state index contributed by atoms with van der Waals surface area (Å²) < 4.78 is 6.84. The van der Waals surface area contributed by atoms with E-state index in [4.69, 9.17) is 4.42 Å². The summed E-state index contributed by atoms with van der Waals surface area (Å²) in [6, 6.07) is 20.9. The number of furan rings is 1.